The second-order valence-electron chi connectivity index (χ2n) is 8.09. The van der Waals surface area contributed by atoms with Gasteiger partial charge in [-0.2, -0.15) is 0 Å². The summed E-state index contributed by atoms with van der Waals surface area (Å²) in [5.74, 6) is 1.45. The number of carbonyl (C=O) groups is 2. The maximum absolute atomic E-state index is 11.4. The number of ether oxygens (including phenoxy) is 2. The zero-order chi connectivity index (χ0) is 23.9. The number of hydrogen-bond donors (Lipinski definition) is 0. The lowest BCUT2D eigenvalue weighted by Crippen LogP contribution is -2.17. The highest BCUT2D eigenvalue weighted by Gasteiger charge is 2.12. The third kappa shape index (κ3) is 22.3. The van der Waals surface area contributed by atoms with E-state index < -0.39 is 0 Å². The average molecular weight is 487 g/mol. The van der Waals surface area contributed by atoms with Gasteiger partial charge in [0.2, 0.25) is 0 Å². The lowest BCUT2D eigenvalue weighted by atomic mass is 10.1. The van der Waals surface area contributed by atoms with Crippen LogP contribution in [-0.4, -0.2) is 35.7 Å². The van der Waals surface area contributed by atoms with Gasteiger partial charge in [0.1, 0.15) is 12.2 Å². The average Bonchev–Trinajstić information content (AvgIpc) is 2.74. The summed E-state index contributed by atoms with van der Waals surface area (Å²) in [5, 5.41) is 0. The molecule has 0 aromatic rings. The molecule has 0 amide bonds. The van der Waals surface area contributed by atoms with Gasteiger partial charge in [-0.15, -0.1) is 0 Å². The summed E-state index contributed by atoms with van der Waals surface area (Å²) in [4.78, 5) is 22.8. The minimum absolute atomic E-state index is 0.0466. The van der Waals surface area contributed by atoms with Crippen molar-refractivity contribution in [3.8, 4) is 0 Å². The summed E-state index contributed by atoms with van der Waals surface area (Å²) in [6.45, 7) is 7.37. The van der Waals surface area contributed by atoms with Gasteiger partial charge in [0.05, 0.1) is 0 Å². The largest absolute Gasteiger partial charge is 0.462 e. The van der Waals surface area contributed by atoms with E-state index in [-0.39, 0.29) is 24.1 Å². The van der Waals surface area contributed by atoms with Crippen LogP contribution in [0.4, 0.5) is 0 Å². The van der Waals surface area contributed by atoms with Crippen molar-refractivity contribution in [1.29, 1.82) is 0 Å². The highest BCUT2D eigenvalue weighted by molar-refractivity contribution is 8.76. The van der Waals surface area contributed by atoms with E-state index in [4.69, 9.17) is 9.47 Å². The molecule has 2 atom stereocenters. The molecule has 0 aromatic heterocycles. The second-order valence-corrected chi connectivity index (χ2v) is 10.8. The molecule has 6 heteroatoms. The van der Waals surface area contributed by atoms with Crippen LogP contribution in [0.5, 0.6) is 0 Å². The molecule has 186 valence electrons. The van der Waals surface area contributed by atoms with E-state index >= 15 is 0 Å². The van der Waals surface area contributed by atoms with Crippen molar-refractivity contribution in [2.45, 2.75) is 117 Å². The van der Waals surface area contributed by atoms with E-state index in [0.717, 1.165) is 50.0 Å². The molecule has 0 aliphatic heterocycles. The molecule has 0 aliphatic carbocycles. The molecule has 0 saturated heterocycles. The molecule has 4 nitrogen and oxygen atoms in total. The Morgan fingerprint density at radius 3 is 1.44 bits per heavy atom. The van der Waals surface area contributed by atoms with Gasteiger partial charge in [0.15, 0.2) is 0 Å². The highest BCUT2D eigenvalue weighted by Crippen LogP contribution is 2.26. The van der Waals surface area contributed by atoms with Gasteiger partial charge in [-0.25, -0.2) is 0 Å². The molecule has 32 heavy (non-hydrogen) atoms. The molecule has 0 rings (SSSR count). The zero-order valence-electron chi connectivity index (χ0n) is 20.8. The van der Waals surface area contributed by atoms with Crippen molar-refractivity contribution in [3.63, 3.8) is 0 Å². The first-order chi connectivity index (χ1) is 15.5. The van der Waals surface area contributed by atoms with Crippen LogP contribution >= 0.6 is 21.6 Å². The van der Waals surface area contributed by atoms with Crippen LogP contribution in [0.1, 0.15) is 105 Å². The van der Waals surface area contributed by atoms with Crippen LogP contribution < -0.4 is 0 Å². The summed E-state index contributed by atoms with van der Waals surface area (Å²) >= 11 is 0. The molecule has 0 fully saturated rings. The lowest BCUT2D eigenvalue weighted by molar-refractivity contribution is -0.147. The van der Waals surface area contributed by atoms with E-state index in [1.807, 2.05) is 0 Å². The summed E-state index contributed by atoms with van der Waals surface area (Å²) in [5.41, 5.74) is 0. The molecule has 0 saturated carbocycles. The van der Waals surface area contributed by atoms with Crippen LogP contribution in [0.15, 0.2) is 24.3 Å². The quantitative estimate of drug-likeness (QED) is 0.0707. The monoisotopic (exact) mass is 486 g/mol. The Morgan fingerprint density at radius 2 is 1.09 bits per heavy atom. The van der Waals surface area contributed by atoms with Crippen LogP contribution in [0, 0.1) is 0 Å². The first kappa shape index (κ1) is 31.1. The Labute approximate surface area is 205 Å². The summed E-state index contributed by atoms with van der Waals surface area (Å²) < 4.78 is 10.9. The van der Waals surface area contributed by atoms with Crippen LogP contribution in [-0.2, 0) is 19.1 Å². The first-order valence-corrected chi connectivity index (χ1v) is 14.9. The van der Waals surface area contributed by atoms with E-state index in [0.29, 0.717) is 0 Å². The number of hydrogen-bond acceptors (Lipinski definition) is 6. The fraction of sp³-hybridized carbons (Fsp3) is 0.769. The fourth-order valence-electron chi connectivity index (χ4n) is 3.15. The minimum atomic E-state index is -0.209. The van der Waals surface area contributed by atoms with E-state index in [1.54, 1.807) is 21.6 Å². The van der Waals surface area contributed by atoms with Gasteiger partial charge >= 0.3 is 11.9 Å². The molecule has 0 spiro atoms. The predicted octanol–water partition coefficient (Wildman–Crippen LogP) is 8.06. The Morgan fingerprint density at radius 1 is 0.688 bits per heavy atom. The van der Waals surface area contributed by atoms with Crippen molar-refractivity contribution in [1.82, 2.24) is 0 Å². The van der Waals surface area contributed by atoms with Crippen molar-refractivity contribution in [2.24, 2.45) is 0 Å². The second kappa shape index (κ2) is 23.3. The molecule has 0 radical (unpaired) electrons. The van der Waals surface area contributed by atoms with Crippen molar-refractivity contribution in [3.05, 3.63) is 24.3 Å². The number of esters is 2. The van der Waals surface area contributed by atoms with Gasteiger partial charge in [-0.05, 0) is 38.5 Å². The Hall–Kier alpha value is -0.880. The number of carbonyl (C=O) groups excluding carboxylic acids is 2. The third-order valence-electron chi connectivity index (χ3n) is 4.87. The maximum atomic E-state index is 11.4. The van der Waals surface area contributed by atoms with Crippen LogP contribution in [0.25, 0.3) is 0 Å². The SMILES string of the molecule is CCCCCC=CCC(CCSSCCC(CC=CCCCCC)OC(C)=O)OC(C)=O. The topological polar surface area (TPSA) is 52.6 Å². The number of rotatable bonds is 21. The Kier molecular flexibility index (Phi) is 22.6. The van der Waals surface area contributed by atoms with Crippen molar-refractivity contribution in [2.75, 3.05) is 11.5 Å². The maximum Gasteiger partial charge on any atom is 0.302 e. The molecular formula is C26H46O4S2. The highest BCUT2D eigenvalue weighted by atomic mass is 33.1. The number of unbranched alkanes of at least 4 members (excludes halogenated alkanes) is 6. The lowest BCUT2D eigenvalue weighted by Gasteiger charge is -2.16. The van der Waals surface area contributed by atoms with Crippen LogP contribution in [0.2, 0.25) is 0 Å². The predicted molar refractivity (Wildman–Crippen MR) is 141 cm³/mol. The Balaban J connectivity index is 4.12. The standard InChI is InChI=1S/C26H46O4S2/c1-5-7-9-11-13-15-17-25(29-23(3)27)19-21-31-32-22-20-26(30-24(4)28)18-16-14-12-10-8-6-2/h13-16,25-26H,5-12,17-22H2,1-4H3. The van der Waals surface area contributed by atoms with Gasteiger partial charge < -0.3 is 9.47 Å². The summed E-state index contributed by atoms with van der Waals surface area (Å²) in [6.07, 6.45) is 21.5. The van der Waals surface area contributed by atoms with E-state index in [9.17, 15) is 9.59 Å². The van der Waals surface area contributed by atoms with Crippen LogP contribution in [0.3, 0.4) is 0 Å². The molecule has 0 bridgehead atoms. The summed E-state index contributed by atoms with van der Waals surface area (Å²) in [7, 11) is 3.60. The summed E-state index contributed by atoms with van der Waals surface area (Å²) in [6, 6.07) is 0. The van der Waals surface area contributed by atoms with Gasteiger partial charge in [0.25, 0.3) is 0 Å². The minimum Gasteiger partial charge on any atom is -0.462 e. The molecule has 2 unspecified atom stereocenters. The van der Waals surface area contributed by atoms with E-state index in [2.05, 4.69) is 38.2 Å². The van der Waals surface area contributed by atoms with Gasteiger partial charge in [-0.1, -0.05) is 85.4 Å². The molecule has 0 heterocycles. The molecular weight excluding hydrogens is 440 g/mol. The fourth-order valence-corrected chi connectivity index (χ4v) is 5.39. The van der Waals surface area contributed by atoms with Gasteiger partial charge in [-0.3, -0.25) is 9.59 Å². The van der Waals surface area contributed by atoms with Crippen molar-refractivity contribution >= 4 is 33.5 Å². The zero-order valence-corrected chi connectivity index (χ0v) is 22.4. The molecule has 0 aromatic carbocycles. The van der Waals surface area contributed by atoms with E-state index in [1.165, 1.54) is 52.4 Å². The molecule has 0 N–H and O–H groups in total. The Bertz CT molecular complexity index is 474. The smallest absolute Gasteiger partial charge is 0.302 e. The first-order valence-electron chi connectivity index (χ1n) is 12.4. The van der Waals surface area contributed by atoms with Crippen molar-refractivity contribution < 1.29 is 19.1 Å². The molecule has 0 aliphatic rings. The third-order valence-corrected chi connectivity index (χ3v) is 7.35. The van der Waals surface area contributed by atoms with Gasteiger partial charge in [0, 0.05) is 38.2 Å². The number of allylic oxidation sites excluding steroid dienone is 2. The normalized spacial score (nSPS) is 13.5.